The first kappa shape index (κ1) is 17.8. The predicted molar refractivity (Wildman–Crippen MR) is 112 cm³/mol. The molecule has 3 aromatic heterocycles. The Balaban J connectivity index is 1.66. The van der Waals surface area contributed by atoms with Gasteiger partial charge in [-0.05, 0) is 29.8 Å². The minimum atomic E-state index is -0.163. The quantitative estimate of drug-likeness (QED) is 0.630. The zero-order valence-electron chi connectivity index (χ0n) is 14.3. The number of amides is 1. The number of nitrogens with one attached hydrogen (secondary N) is 2. The van der Waals surface area contributed by atoms with Crippen molar-refractivity contribution in [2.45, 2.75) is 25.9 Å². The number of piperazine rings is 1. The number of halogens is 1. The summed E-state index contributed by atoms with van der Waals surface area (Å²) in [5.74, 6) is 0.658. The molecule has 6 nitrogen and oxygen atoms in total. The summed E-state index contributed by atoms with van der Waals surface area (Å²) in [5, 5.41) is 12.1. The van der Waals surface area contributed by atoms with Crippen LogP contribution in [-0.2, 0) is 0 Å². The van der Waals surface area contributed by atoms with Gasteiger partial charge in [-0.2, -0.15) is 0 Å². The summed E-state index contributed by atoms with van der Waals surface area (Å²) in [4.78, 5) is 25.1. The van der Waals surface area contributed by atoms with Crippen LogP contribution in [0.2, 0.25) is 0 Å². The Hall–Kier alpha value is -1.55. The van der Waals surface area contributed by atoms with Gasteiger partial charge in [-0.1, -0.05) is 0 Å². The van der Waals surface area contributed by atoms with Crippen molar-refractivity contribution in [1.82, 2.24) is 15.3 Å². The van der Waals surface area contributed by atoms with Gasteiger partial charge >= 0.3 is 0 Å². The van der Waals surface area contributed by atoms with Crippen molar-refractivity contribution in [3.63, 3.8) is 0 Å². The molecule has 1 fully saturated rings. The van der Waals surface area contributed by atoms with E-state index in [4.69, 9.17) is 4.98 Å². The number of rotatable bonds is 3. The zero-order valence-corrected chi connectivity index (χ0v) is 17.5. The number of thiophene rings is 2. The molecule has 3 aromatic rings. The molecule has 1 amide bonds. The SMILES string of the molecule is C[C@@H]1CN(c2cnc3scc(C(=O)Nc4cscc4Br)c3n2)[C@H](C)CN1. The summed E-state index contributed by atoms with van der Waals surface area (Å²) >= 11 is 6.41. The highest BCUT2D eigenvalue weighted by Gasteiger charge is 2.25. The monoisotopic (exact) mass is 451 g/mol. The molecule has 0 unspecified atom stereocenters. The standard InChI is InChI=1S/C17H18BrN5OS2/c1-9-5-23(10(2)3-19-9)14-4-20-17-15(22-14)11(6-26-17)16(24)21-13-8-25-7-12(13)18/h4,6-10,19H,3,5H2,1-2H3,(H,21,24)/t9-,10-/m1/s1. The molecule has 0 spiro atoms. The molecular weight excluding hydrogens is 434 g/mol. The highest BCUT2D eigenvalue weighted by atomic mass is 79.9. The normalized spacial score (nSPS) is 20.5. The summed E-state index contributed by atoms with van der Waals surface area (Å²) in [7, 11) is 0. The second-order valence-electron chi connectivity index (χ2n) is 6.43. The van der Waals surface area contributed by atoms with Crippen LogP contribution in [0.1, 0.15) is 24.2 Å². The summed E-state index contributed by atoms with van der Waals surface area (Å²) in [6, 6.07) is 0.723. The van der Waals surface area contributed by atoms with Crippen molar-refractivity contribution in [1.29, 1.82) is 0 Å². The minimum Gasteiger partial charge on any atom is -0.350 e. The number of hydrogen-bond donors (Lipinski definition) is 2. The molecule has 0 aliphatic carbocycles. The molecule has 2 N–H and O–H groups in total. The molecule has 2 atom stereocenters. The molecule has 1 saturated heterocycles. The van der Waals surface area contributed by atoms with E-state index < -0.39 is 0 Å². The van der Waals surface area contributed by atoms with Crippen LogP contribution in [0.3, 0.4) is 0 Å². The van der Waals surface area contributed by atoms with Crippen molar-refractivity contribution >= 4 is 66.4 Å². The number of carbonyl (C=O) groups excluding carboxylic acids is 1. The first-order valence-electron chi connectivity index (χ1n) is 8.30. The molecule has 0 radical (unpaired) electrons. The van der Waals surface area contributed by atoms with Gasteiger partial charge in [0, 0.05) is 41.3 Å². The summed E-state index contributed by atoms with van der Waals surface area (Å²) in [6.07, 6.45) is 1.81. The third-order valence-electron chi connectivity index (χ3n) is 4.44. The number of carbonyl (C=O) groups is 1. The minimum absolute atomic E-state index is 0.163. The van der Waals surface area contributed by atoms with Gasteiger partial charge in [-0.25, -0.2) is 9.97 Å². The maximum absolute atomic E-state index is 12.7. The molecule has 4 rings (SSSR count). The Morgan fingerprint density at radius 1 is 1.38 bits per heavy atom. The number of anilines is 2. The van der Waals surface area contributed by atoms with Gasteiger partial charge in [0.2, 0.25) is 0 Å². The van der Waals surface area contributed by atoms with Gasteiger partial charge in [0.25, 0.3) is 5.91 Å². The molecule has 0 bridgehead atoms. The Labute approximate surface area is 167 Å². The smallest absolute Gasteiger partial charge is 0.258 e. The fraction of sp³-hybridized carbons (Fsp3) is 0.353. The zero-order chi connectivity index (χ0) is 18.3. The van der Waals surface area contributed by atoms with Gasteiger partial charge in [0.15, 0.2) is 0 Å². The largest absolute Gasteiger partial charge is 0.350 e. The fourth-order valence-corrected chi connectivity index (χ4v) is 5.16. The van der Waals surface area contributed by atoms with Gasteiger partial charge in [-0.15, -0.1) is 22.7 Å². The molecule has 26 heavy (non-hydrogen) atoms. The maximum atomic E-state index is 12.7. The lowest BCUT2D eigenvalue weighted by Crippen LogP contribution is -2.54. The van der Waals surface area contributed by atoms with E-state index in [0.717, 1.165) is 33.9 Å². The number of nitrogens with zero attached hydrogens (tertiary/aromatic N) is 3. The van der Waals surface area contributed by atoms with Gasteiger partial charge < -0.3 is 15.5 Å². The van der Waals surface area contributed by atoms with E-state index in [1.807, 2.05) is 22.3 Å². The Morgan fingerprint density at radius 2 is 2.23 bits per heavy atom. The predicted octanol–water partition coefficient (Wildman–Crippen LogP) is 3.95. The fourth-order valence-electron chi connectivity index (χ4n) is 3.00. The van der Waals surface area contributed by atoms with E-state index in [1.54, 1.807) is 0 Å². The average molecular weight is 452 g/mol. The van der Waals surface area contributed by atoms with Crippen molar-refractivity contribution in [2.75, 3.05) is 23.3 Å². The third kappa shape index (κ3) is 3.36. The summed E-state index contributed by atoms with van der Waals surface area (Å²) in [5.41, 5.74) is 2.00. The van der Waals surface area contributed by atoms with E-state index in [0.29, 0.717) is 23.2 Å². The molecule has 1 aliphatic heterocycles. The summed E-state index contributed by atoms with van der Waals surface area (Å²) in [6.45, 7) is 6.10. The van der Waals surface area contributed by atoms with E-state index in [-0.39, 0.29) is 5.91 Å². The second kappa shape index (κ2) is 7.22. The van der Waals surface area contributed by atoms with Gasteiger partial charge in [0.05, 0.1) is 21.9 Å². The lowest BCUT2D eigenvalue weighted by Gasteiger charge is -2.38. The van der Waals surface area contributed by atoms with Crippen LogP contribution in [0.25, 0.3) is 10.3 Å². The molecule has 136 valence electrons. The van der Waals surface area contributed by atoms with Crippen LogP contribution in [0.4, 0.5) is 11.5 Å². The lowest BCUT2D eigenvalue weighted by molar-refractivity contribution is 0.102. The molecule has 1 aliphatic rings. The highest BCUT2D eigenvalue weighted by molar-refractivity contribution is 9.10. The Morgan fingerprint density at radius 3 is 3.00 bits per heavy atom. The average Bonchev–Trinajstić information content (AvgIpc) is 3.23. The van der Waals surface area contributed by atoms with Crippen molar-refractivity contribution < 1.29 is 4.79 Å². The van der Waals surface area contributed by atoms with E-state index in [1.165, 1.54) is 22.7 Å². The molecule has 9 heteroatoms. The molecule has 4 heterocycles. The molecule has 0 saturated carbocycles. The van der Waals surface area contributed by atoms with Crippen LogP contribution in [-0.4, -0.2) is 41.0 Å². The second-order valence-corrected chi connectivity index (χ2v) is 8.89. The van der Waals surface area contributed by atoms with Crippen LogP contribution < -0.4 is 15.5 Å². The number of fused-ring (bicyclic) bond motifs is 1. The first-order chi connectivity index (χ1) is 12.5. The van der Waals surface area contributed by atoms with E-state index in [2.05, 4.69) is 50.3 Å². The summed E-state index contributed by atoms with van der Waals surface area (Å²) < 4.78 is 0.880. The third-order valence-corrected chi connectivity index (χ3v) is 7.01. The van der Waals surface area contributed by atoms with Crippen LogP contribution in [0.5, 0.6) is 0 Å². The number of hydrogen-bond acceptors (Lipinski definition) is 7. The first-order valence-corrected chi connectivity index (χ1v) is 10.9. The van der Waals surface area contributed by atoms with Crippen molar-refractivity contribution in [2.24, 2.45) is 0 Å². The van der Waals surface area contributed by atoms with Gasteiger partial charge in [-0.3, -0.25) is 4.79 Å². The topological polar surface area (TPSA) is 70.2 Å². The molecule has 0 aromatic carbocycles. The van der Waals surface area contributed by atoms with Crippen LogP contribution in [0.15, 0.2) is 26.8 Å². The van der Waals surface area contributed by atoms with E-state index in [9.17, 15) is 4.79 Å². The lowest BCUT2D eigenvalue weighted by atomic mass is 10.1. The van der Waals surface area contributed by atoms with Crippen LogP contribution in [0, 0.1) is 0 Å². The maximum Gasteiger partial charge on any atom is 0.258 e. The van der Waals surface area contributed by atoms with E-state index >= 15 is 0 Å². The van der Waals surface area contributed by atoms with Crippen molar-refractivity contribution in [3.8, 4) is 0 Å². The molecular formula is C17H18BrN5OS2. The number of aromatic nitrogens is 2. The Bertz CT molecular complexity index is 956. The van der Waals surface area contributed by atoms with Gasteiger partial charge in [0.1, 0.15) is 16.2 Å². The highest BCUT2D eigenvalue weighted by Crippen LogP contribution is 2.30. The van der Waals surface area contributed by atoms with Crippen molar-refractivity contribution in [3.05, 3.63) is 32.4 Å². The van der Waals surface area contributed by atoms with Crippen LogP contribution >= 0.6 is 38.6 Å². The Kier molecular flexibility index (Phi) is 4.96.